The van der Waals surface area contributed by atoms with Crippen LogP contribution in [0.3, 0.4) is 0 Å². The first-order valence-corrected chi connectivity index (χ1v) is 9.68. The molecule has 126 valence electrons. The second-order valence-electron chi connectivity index (χ2n) is 6.01. The molecule has 0 atom stereocenters. The topological polar surface area (TPSA) is 66.5 Å². The summed E-state index contributed by atoms with van der Waals surface area (Å²) < 4.78 is 24.6. The molecule has 1 aromatic rings. The Morgan fingerprint density at radius 2 is 1.91 bits per heavy atom. The van der Waals surface area contributed by atoms with E-state index in [1.54, 1.807) is 10.4 Å². The summed E-state index contributed by atoms with van der Waals surface area (Å²) >= 11 is 0. The summed E-state index contributed by atoms with van der Waals surface area (Å²) in [6.45, 7) is 5.23. The maximum Gasteiger partial charge on any atom is 0.251 e. The predicted molar refractivity (Wildman–Crippen MR) is 91.8 cm³/mol. The number of carbonyl (C=O) groups is 1. The number of nitrogens with one attached hydrogen (secondary N) is 1. The van der Waals surface area contributed by atoms with Crippen LogP contribution in [0.4, 0.5) is 0 Å². The van der Waals surface area contributed by atoms with Gasteiger partial charge in [-0.25, -0.2) is 12.7 Å². The van der Waals surface area contributed by atoms with Gasteiger partial charge < -0.3 is 5.32 Å². The molecule has 0 saturated carbocycles. The van der Waals surface area contributed by atoms with Crippen molar-refractivity contribution in [2.75, 3.05) is 25.9 Å². The van der Waals surface area contributed by atoms with Gasteiger partial charge in [-0.05, 0) is 42.9 Å². The Morgan fingerprint density at radius 3 is 2.43 bits per heavy atom. The average Bonchev–Trinajstić information content (AvgIpc) is 2.53. The number of piperidine rings is 1. The predicted octanol–water partition coefficient (Wildman–Crippen LogP) is 1.82. The summed E-state index contributed by atoms with van der Waals surface area (Å²) in [7, 11) is -3.06. The lowest BCUT2D eigenvalue weighted by atomic mass is 9.91. The van der Waals surface area contributed by atoms with E-state index in [2.05, 4.69) is 11.9 Å². The first kappa shape index (κ1) is 17.7. The molecule has 1 N–H and O–H groups in total. The number of nitrogens with zero attached hydrogens (tertiary/aromatic N) is 1. The number of hydrogen-bond donors (Lipinski definition) is 1. The minimum Gasteiger partial charge on any atom is -0.349 e. The number of sulfonamides is 1. The summed E-state index contributed by atoms with van der Waals surface area (Å²) in [4.78, 5) is 11.8. The maximum atomic E-state index is 11.8. The number of hydrogen-bond acceptors (Lipinski definition) is 3. The Morgan fingerprint density at radius 1 is 1.30 bits per heavy atom. The van der Waals surface area contributed by atoms with Crippen molar-refractivity contribution in [3.63, 3.8) is 0 Å². The first-order valence-electron chi connectivity index (χ1n) is 7.83. The van der Waals surface area contributed by atoms with Gasteiger partial charge >= 0.3 is 0 Å². The standard InChI is InChI=1S/C17H24N2O3S/c1-3-10-18-17(20)16-6-4-14(5-7-16)13-15-8-11-19(12-9-15)23(2,21)22/h3-7,15H,1,8-13H2,2H3,(H,18,20). The molecule has 0 aromatic heterocycles. The molecule has 1 amide bonds. The zero-order chi connectivity index (χ0) is 16.9. The molecule has 2 rings (SSSR count). The van der Waals surface area contributed by atoms with Crippen LogP contribution in [0.5, 0.6) is 0 Å². The van der Waals surface area contributed by atoms with Crippen LogP contribution in [0.15, 0.2) is 36.9 Å². The lowest BCUT2D eigenvalue weighted by Crippen LogP contribution is -2.38. The van der Waals surface area contributed by atoms with Gasteiger partial charge in [0.1, 0.15) is 0 Å². The van der Waals surface area contributed by atoms with E-state index in [-0.39, 0.29) is 5.91 Å². The Labute approximate surface area is 138 Å². The monoisotopic (exact) mass is 336 g/mol. The quantitative estimate of drug-likeness (QED) is 0.806. The lowest BCUT2D eigenvalue weighted by Gasteiger charge is -2.30. The van der Waals surface area contributed by atoms with Gasteiger partial charge in [0.25, 0.3) is 5.91 Å². The van der Waals surface area contributed by atoms with Crippen LogP contribution in [0, 0.1) is 5.92 Å². The zero-order valence-corrected chi connectivity index (χ0v) is 14.3. The Kier molecular flexibility index (Phi) is 5.96. The molecular weight excluding hydrogens is 312 g/mol. The van der Waals surface area contributed by atoms with Gasteiger partial charge in [0, 0.05) is 25.2 Å². The van der Waals surface area contributed by atoms with Crippen molar-refractivity contribution in [3.8, 4) is 0 Å². The molecule has 1 saturated heterocycles. The van der Waals surface area contributed by atoms with Crippen molar-refractivity contribution < 1.29 is 13.2 Å². The van der Waals surface area contributed by atoms with E-state index in [0.29, 0.717) is 31.1 Å². The van der Waals surface area contributed by atoms with E-state index in [1.807, 2.05) is 24.3 Å². The first-order chi connectivity index (χ1) is 10.9. The summed E-state index contributed by atoms with van der Waals surface area (Å²) in [5.41, 5.74) is 1.82. The van der Waals surface area contributed by atoms with Gasteiger partial charge in [-0.3, -0.25) is 4.79 Å². The van der Waals surface area contributed by atoms with Gasteiger partial charge in [0.2, 0.25) is 10.0 Å². The number of rotatable bonds is 6. The minimum absolute atomic E-state index is 0.0992. The fourth-order valence-corrected chi connectivity index (χ4v) is 3.71. The molecular formula is C17H24N2O3S. The van der Waals surface area contributed by atoms with Gasteiger partial charge in [0.15, 0.2) is 0 Å². The van der Waals surface area contributed by atoms with E-state index < -0.39 is 10.0 Å². The van der Waals surface area contributed by atoms with Crippen molar-refractivity contribution in [3.05, 3.63) is 48.0 Å². The Balaban J connectivity index is 1.87. The largest absolute Gasteiger partial charge is 0.349 e. The third-order valence-corrected chi connectivity index (χ3v) is 5.49. The molecule has 1 aliphatic heterocycles. The molecule has 5 nitrogen and oxygen atoms in total. The van der Waals surface area contributed by atoms with Crippen molar-refractivity contribution in [1.29, 1.82) is 0 Å². The Bertz CT molecular complexity index is 645. The highest BCUT2D eigenvalue weighted by Crippen LogP contribution is 2.23. The van der Waals surface area contributed by atoms with Crippen LogP contribution in [-0.4, -0.2) is 44.5 Å². The molecule has 1 aromatic carbocycles. The van der Waals surface area contributed by atoms with Gasteiger partial charge in [-0.1, -0.05) is 18.2 Å². The van der Waals surface area contributed by atoms with E-state index in [4.69, 9.17) is 0 Å². The molecule has 0 unspecified atom stereocenters. The summed E-state index contributed by atoms with van der Waals surface area (Å²) in [5, 5.41) is 2.75. The molecule has 0 radical (unpaired) electrons. The third-order valence-electron chi connectivity index (χ3n) is 4.19. The normalized spacial score (nSPS) is 16.9. The van der Waals surface area contributed by atoms with E-state index in [1.165, 1.54) is 11.8 Å². The Hall–Kier alpha value is -1.66. The molecule has 1 heterocycles. The fourth-order valence-electron chi connectivity index (χ4n) is 2.84. The van der Waals surface area contributed by atoms with E-state index in [9.17, 15) is 13.2 Å². The molecule has 1 aliphatic rings. The van der Waals surface area contributed by atoms with E-state index >= 15 is 0 Å². The highest BCUT2D eigenvalue weighted by atomic mass is 32.2. The number of carbonyl (C=O) groups excluding carboxylic acids is 1. The second-order valence-corrected chi connectivity index (χ2v) is 7.99. The van der Waals surface area contributed by atoms with Crippen LogP contribution in [-0.2, 0) is 16.4 Å². The molecule has 23 heavy (non-hydrogen) atoms. The van der Waals surface area contributed by atoms with Crippen molar-refractivity contribution >= 4 is 15.9 Å². The summed E-state index contributed by atoms with van der Waals surface area (Å²) in [6.07, 6.45) is 5.61. The van der Waals surface area contributed by atoms with Crippen LogP contribution in [0.2, 0.25) is 0 Å². The molecule has 6 heteroatoms. The van der Waals surface area contributed by atoms with Crippen molar-refractivity contribution in [2.45, 2.75) is 19.3 Å². The molecule has 0 spiro atoms. The van der Waals surface area contributed by atoms with Crippen molar-refractivity contribution in [2.24, 2.45) is 5.92 Å². The molecule has 0 bridgehead atoms. The van der Waals surface area contributed by atoms with E-state index in [0.717, 1.165) is 19.3 Å². The SMILES string of the molecule is C=CCNC(=O)c1ccc(CC2CCN(S(C)(=O)=O)CC2)cc1. The highest BCUT2D eigenvalue weighted by Gasteiger charge is 2.24. The summed E-state index contributed by atoms with van der Waals surface area (Å²) in [6, 6.07) is 7.62. The summed E-state index contributed by atoms with van der Waals surface area (Å²) in [5.74, 6) is 0.395. The van der Waals surface area contributed by atoms with Crippen LogP contribution in [0.1, 0.15) is 28.8 Å². The van der Waals surface area contributed by atoms with Gasteiger partial charge in [-0.2, -0.15) is 0 Å². The lowest BCUT2D eigenvalue weighted by molar-refractivity contribution is 0.0958. The van der Waals surface area contributed by atoms with Gasteiger partial charge in [0.05, 0.1) is 6.26 Å². The molecule has 0 aliphatic carbocycles. The fraction of sp³-hybridized carbons (Fsp3) is 0.471. The molecule has 1 fully saturated rings. The zero-order valence-electron chi connectivity index (χ0n) is 13.5. The maximum absolute atomic E-state index is 11.8. The van der Waals surface area contributed by atoms with Crippen LogP contribution >= 0.6 is 0 Å². The van der Waals surface area contributed by atoms with Crippen molar-refractivity contribution in [1.82, 2.24) is 9.62 Å². The number of benzene rings is 1. The highest BCUT2D eigenvalue weighted by molar-refractivity contribution is 7.88. The number of amides is 1. The average molecular weight is 336 g/mol. The third kappa shape index (κ3) is 5.18. The van der Waals surface area contributed by atoms with Crippen LogP contribution < -0.4 is 5.32 Å². The minimum atomic E-state index is -3.06. The smallest absolute Gasteiger partial charge is 0.251 e. The van der Waals surface area contributed by atoms with Crippen LogP contribution in [0.25, 0.3) is 0 Å². The van der Waals surface area contributed by atoms with Gasteiger partial charge in [-0.15, -0.1) is 6.58 Å². The second kappa shape index (κ2) is 7.75.